The number of hydrogen-bond acceptors (Lipinski definition) is 4. The van der Waals surface area contributed by atoms with Crippen molar-refractivity contribution in [3.8, 4) is 16.9 Å². The number of aromatic nitrogens is 1. The highest BCUT2D eigenvalue weighted by atomic mass is 32.2. The van der Waals surface area contributed by atoms with Crippen LogP contribution in [0.3, 0.4) is 0 Å². The van der Waals surface area contributed by atoms with E-state index in [4.69, 9.17) is 0 Å². The third-order valence-electron chi connectivity index (χ3n) is 6.41. The van der Waals surface area contributed by atoms with E-state index < -0.39 is 22.2 Å². The van der Waals surface area contributed by atoms with Gasteiger partial charge >= 0.3 is 6.36 Å². The molecule has 5 rings (SSSR count). The summed E-state index contributed by atoms with van der Waals surface area (Å²) in [6.45, 7) is 0.681. The SMILES string of the molecule is O=c1ccc(-c2ccc(OC(F)(F)F)cc2)c2n1C[C@H]1C[C@@H]2CN(S(=O)(=O)c2ccc(F)cc2)C1. The summed E-state index contributed by atoms with van der Waals surface area (Å²) in [5.74, 6) is -1.29. The molecule has 11 heteroatoms. The molecule has 0 amide bonds. The number of benzene rings is 2. The lowest BCUT2D eigenvalue weighted by atomic mass is 9.81. The van der Waals surface area contributed by atoms with Crippen molar-refractivity contribution in [2.24, 2.45) is 5.92 Å². The van der Waals surface area contributed by atoms with Crippen LogP contribution in [-0.4, -0.2) is 36.7 Å². The standard InChI is InChI=1S/C24H20F4N2O4S/c25-18-3-7-20(8-4-18)35(32,33)29-12-15-11-17(14-29)23-21(9-10-22(31)30(23)13-15)16-1-5-19(6-2-16)34-24(26,27)28/h1-10,15,17H,11-14H2/t15-,17+/m0/s1. The van der Waals surface area contributed by atoms with Crippen molar-refractivity contribution in [1.82, 2.24) is 8.87 Å². The van der Waals surface area contributed by atoms with E-state index in [-0.39, 0.29) is 41.1 Å². The molecule has 184 valence electrons. The molecular formula is C24H20F4N2O4S. The zero-order chi connectivity index (χ0) is 25.0. The number of fused-ring (bicyclic) bond motifs is 4. The van der Waals surface area contributed by atoms with Crippen molar-refractivity contribution < 1.29 is 30.7 Å². The van der Waals surface area contributed by atoms with Crippen molar-refractivity contribution in [2.45, 2.75) is 30.1 Å². The molecule has 0 unspecified atom stereocenters. The summed E-state index contributed by atoms with van der Waals surface area (Å²) >= 11 is 0. The molecule has 1 fully saturated rings. The van der Waals surface area contributed by atoms with E-state index >= 15 is 0 Å². The quantitative estimate of drug-likeness (QED) is 0.491. The molecule has 1 aromatic heterocycles. The van der Waals surface area contributed by atoms with Gasteiger partial charge in [0.2, 0.25) is 10.0 Å². The van der Waals surface area contributed by atoms with E-state index in [0.717, 1.165) is 12.1 Å². The van der Waals surface area contributed by atoms with Gasteiger partial charge in [0.15, 0.2) is 0 Å². The van der Waals surface area contributed by atoms with E-state index in [0.29, 0.717) is 29.8 Å². The predicted molar refractivity (Wildman–Crippen MR) is 119 cm³/mol. The Bertz CT molecular complexity index is 1420. The number of ether oxygens (including phenoxy) is 1. The highest BCUT2D eigenvalue weighted by molar-refractivity contribution is 7.89. The Labute approximate surface area is 198 Å². The van der Waals surface area contributed by atoms with Crippen LogP contribution in [0, 0.1) is 11.7 Å². The Balaban J connectivity index is 1.51. The molecule has 2 aromatic carbocycles. The lowest BCUT2D eigenvalue weighted by Gasteiger charge is -2.42. The molecule has 1 saturated heterocycles. The van der Waals surface area contributed by atoms with Gasteiger partial charge in [0.1, 0.15) is 11.6 Å². The van der Waals surface area contributed by atoms with Gasteiger partial charge in [-0.1, -0.05) is 12.1 Å². The fourth-order valence-electron chi connectivity index (χ4n) is 5.00. The maximum absolute atomic E-state index is 13.3. The molecule has 0 aliphatic carbocycles. The smallest absolute Gasteiger partial charge is 0.406 e. The van der Waals surface area contributed by atoms with Crippen molar-refractivity contribution in [3.05, 3.63) is 82.5 Å². The van der Waals surface area contributed by atoms with Crippen LogP contribution >= 0.6 is 0 Å². The first-order valence-corrected chi connectivity index (χ1v) is 12.3. The number of rotatable bonds is 4. The summed E-state index contributed by atoms with van der Waals surface area (Å²) < 4.78 is 84.3. The Hall–Kier alpha value is -3.18. The minimum absolute atomic E-state index is 0.00944. The van der Waals surface area contributed by atoms with Gasteiger partial charge in [-0.05, 0) is 60.4 Å². The summed E-state index contributed by atoms with van der Waals surface area (Å²) in [5, 5.41) is 0. The van der Waals surface area contributed by atoms with E-state index in [1.54, 1.807) is 10.6 Å². The van der Waals surface area contributed by atoms with E-state index in [1.165, 1.54) is 46.8 Å². The molecule has 3 heterocycles. The van der Waals surface area contributed by atoms with E-state index in [2.05, 4.69) is 4.74 Å². The maximum Gasteiger partial charge on any atom is 0.573 e. The summed E-state index contributed by atoms with van der Waals surface area (Å²) in [4.78, 5) is 12.7. The average Bonchev–Trinajstić information content (AvgIpc) is 2.79. The third kappa shape index (κ3) is 4.57. The third-order valence-corrected chi connectivity index (χ3v) is 8.25. The number of halogens is 4. The van der Waals surface area contributed by atoms with Crippen molar-refractivity contribution >= 4 is 10.0 Å². The lowest BCUT2D eigenvalue weighted by molar-refractivity contribution is -0.274. The number of nitrogens with zero attached hydrogens (tertiary/aromatic N) is 2. The first-order valence-electron chi connectivity index (χ1n) is 10.9. The minimum atomic E-state index is -4.81. The van der Waals surface area contributed by atoms with Crippen LogP contribution in [0.4, 0.5) is 17.6 Å². The molecule has 3 aromatic rings. The summed E-state index contributed by atoms with van der Waals surface area (Å²) in [6, 6.07) is 13.0. The van der Waals surface area contributed by atoms with Crippen LogP contribution in [0.2, 0.25) is 0 Å². The highest BCUT2D eigenvalue weighted by Gasteiger charge is 2.40. The number of pyridine rings is 1. The molecule has 0 radical (unpaired) electrons. The molecule has 35 heavy (non-hydrogen) atoms. The molecule has 0 spiro atoms. The van der Waals surface area contributed by atoms with Gasteiger partial charge < -0.3 is 9.30 Å². The molecule has 2 bridgehead atoms. The predicted octanol–water partition coefficient (Wildman–Crippen LogP) is 4.36. The highest BCUT2D eigenvalue weighted by Crippen LogP contribution is 2.41. The van der Waals surface area contributed by atoms with Gasteiger partial charge in [-0.15, -0.1) is 13.2 Å². The minimum Gasteiger partial charge on any atom is -0.406 e. The largest absolute Gasteiger partial charge is 0.573 e. The number of sulfonamides is 1. The van der Waals surface area contributed by atoms with Gasteiger partial charge in [-0.2, -0.15) is 4.31 Å². The molecular weight excluding hydrogens is 488 g/mol. The fourth-order valence-corrected chi connectivity index (χ4v) is 6.56. The zero-order valence-corrected chi connectivity index (χ0v) is 19.0. The van der Waals surface area contributed by atoms with Crippen LogP contribution in [-0.2, 0) is 16.6 Å². The van der Waals surface area contributed by atoms with E-state index in [1.807, 2.05) is 0 Å². The molecule has 0 N–H and O–H groups in total. The van der Waals surface area contributed by atoms with Crippen LogP contribution in [0.15, 0.2) is 70.4 Å². The summed E-state index contributed by atoms with van der Waals surface area (Å²) in [5.41, 5.74) is 1.66. The van der Waals surface area contributed by atoms with Crippen LogP contribution in [0.1, 0.15) is 18.0 Å². The van der Waals surface area contributed by atoms with Crippen molar-refractivity contribution in [2.75, 3.05) is 13.1 Å². The first-order chi connectivity index (χ1) is 16.5. The number of alkyl halides is 3. The van der Waals surface area contributed by atoms with Gasteiger partial charge in [0.05, 0.1) is 4.90 Å². The summed E-state index contributed by atoms with van der Waals surface area (Å²) in [7, 11) is -3.88. The normalized spacial score (nSPS) is 20.3. The second kappa shape index (κ2) is 8.49. The van der Waals surface area contributed by atoms with Gasteiger partial charge in [-0.25, -0.2) is 12.8 Å². The van der Waals surface area contributed by atoms with Crippen LogP contribution in [0.5, 0.6) is 5.75 Å². The first kappa shape index (κ1) is 23.6. The number of piperidine rings is 1. The molecule has 2 atom stereocenters. The van der Waals surface area contributed by atoms with Crippen LogP contribution < -0.4 is 10.3 Å². The second-order valence-electron chi connectivity index (χ2n) is 8.73. The topological polar surface area (TPSA) is 68.6 Å². The van der Waals surface area contributed by atoms with Gasteiger partial charge in [-0.3, -0.25) is 4.79 Å². The zero-order valence-electron chi connectivity index (χ0n) is 18.2. The molecule has 2 aliphatic rings. The Kier molecular flexibility index (Phi) is 5.71. The fraction of sp³-hybridized carbons (Fsp3) is 0.292. The Morgan fingerprint density at radius 3 is 2.23 bits per heavy atom. The lowest BCUT2D eigenvalue weighted by Crippen LogP contribution is -2.49. The average molecular weight is 508 g/mol. The Morgan fingerprint density at radius 2 is 1.57 bits per heavy atom. The van der Waals surface area contributed by atoms with Gasteiger partial charge in [0.25, 0.3) is 5.56 Å². The van der Waals surface area contributed by atoms with Crippen LogP contribution in [0.25, 0.3) is 11.1 Å². The van der Waals surface area contributed by atoms with Gasteiger partial charge in [0, 0.05) is 42.9 Å². The summed E-state index contributed by atoms with van der Waals surface area (Å²) in [6.07, 6.45) is -4.14. The van der Waals surface area contributed by atoms with Crippen molar-refractivity contribution in [3.63, 3.8) is 0 Å². The van der Waals surface area contributed by atoms with Crippen molar-refractivity contribution in [1.29, 1.82) is 0 Å². The monoisotopic (exact) mass is 508 g/mol. The maximum atomic E-state index is 13.3. The number of hydrogen-bond donors (Lipinski definition) is 0. The second-order valence-corrected chi connectivity index (χ2v) is 10.7. The molecule has 0 saturated carbocycles. The molecule has 6 nitrogen and oxygen atoms in total. The van der Waals surface area contributed by atoms with E-state index in [9.17, 15) is 30.8 Å². The Morgan fingerprint density at radius 1 is 0.886 bits per heavy atom. The molecule has 2 aliphatic heterocycles.